The Balaban J connectivity index is 2.11. The van der Waals surface area contributed by atoms with Gasteiger partial charge in [-0.15, -0.1) is 0 Å². The van der Waals surface area contributed by atoms with Crippen LogP contribution in [0.5, 0.6) is 0 Å². The van der Waals surface area contributed by atoms with Crippen molar-refractivity contribution in [1.82, 2.24) is 5.32 Å². The summed E-state index contributed by atoms with van der Waals surface area (Å²) in [5.74, 6) is 0.781. The summed E-state index contributed by atoms with van der Waals surface area (Å²) in [7, 11) is 0. The van der Waals surface area contributed by atoms with Crippen molar-refractivity contribution in [2.75, 3.05) is 13.2 Å². The van der Waals surface area contributed by atoms with Gasteiger partial charge in [-0.3, -0.25) is 0 Å². The largest absolute Gasteiger partial charge is 0.389 e. The molecule has 0 radical (unpaired) electrons. The number of hydrogen-bond acceptors (Lipinski definition) is 3. The molecule has 1 saturated carbocycles. The molecule has 1 rings (SSSR count). The molecule has 114 valence electrons. The van der Waals surface area contributed by atoms with E-state index in [0.29, 0.717) is 25.3 Å². The standard InChI is InChI=1S/C16H33NO2/c1-4-7-14(5-2)17-11-15(18)12-19-16-9-6-8-13(3)10-16/h13-18H,4-12H2,1-3H3. The number of rotatable bonds is 9. The number of nitrogens with one attached hydrogen (secondary N) is 1. The van der Waals surface area contributed by atoms with Crippen LogP contribution in [0.15, 0.2) is 0 Å². The van der Waals surface area contributed by atoms with Crippen molar-refractivity contribution in [2.24, 2.45) is 5.92 Å². The number of hydrogen-bond donors (Lipinski definition) is 2. The SMILES string of the molecule is CCCC(CC)NCC(O)COC1CCCC(C)C1. The molecule has 0 heterocycles. The van der Waals surface area contributed by atoms with Gasteiger partial charge in [0.05, 0.1) is 18.8 Å². The van der Waals surface area contributed by atoms with Crippen LogP contribution in [0.3, 0.4) is 0 Å². The lowest BCUT2D eigenvalue weighted by molar-refractivity contribution is -0.0312. The zero-order valence-corrected chi connectivity index (χ0v) is 13.0. The van der Waals surface area contributed by atoms with E-state index >= 15 is 0 Å². The highest BCUT2D eigenvalue weighted by atomic mass is 16.5. The number of aliphatic hydroxyl groups is 1. The molecule has 0 aromatic carbocycles. The summed E-state index contributed by atoms with van der Waals surface area (Å²) in [6, 6.07) is 0.536. The molecule has 4 unspecified atom stereocenters. The molecule has 1 aliphatic carbocycles. The molecule has 2 N–H and O–H groups in total. The van der Waals surface area contributed by atoms with Gasteiger partial charge >= 0.3 is 0 Å². The summed E-state index contributed by atoms with van der Waals surface area (Å²) in [5, 5.41) is 13.4. The van der Waals surface area contributed by atoms with Gasteiger partial charge < -0.3 is 15.2 Å². The van der Waals surface area contributed by atoms with Crippen molar-refractivity contribution in [3.05, 3.63) is 0 Å². The van der Waals surface area contributed by atoms with Gasteiger partial charge in [-0.1, -0.05) is 40.0 Å². The first-order valence-corrected chi connectivity index (χ1v) is 8.18. The third-order valence-corrected chi connectivity index (χ3v) is 4.18. The molecule has 0 amide bonds. The summed E-state index contributed by atoms with van der Waals surface area (Å²) >= 11 is 0. The van der Waals surface area contributed by atoms with Gasteiger partial charge in [-0.05, 0) is 31.6 Å². The second-order valence-corrected chi connectivity index (χ2v) is 6.18. The highest BCUT2D eigenvalue weighted by molar-refractivity contribution is 4.72. The molecule has 1 fully saturated rings. The minimum absolute atomic E-state index is 0.371. The van der Waals surface area contributed by atoms with Crippen molar-refractivity contribution in [1.29, 1.82) is 0 Å². The van der Waals surface area contributed by atoms with E-state index in [-0.39, 0.29) is 6.10 Å². The normalized spacial score (nSPS) is 27.2. The molecule has 1 aliphatic rings. The maximum atomic E-state index is 9.97. The van der Waals surface area contributed by atoms with Crippen LogP contribution in [0.4, 0.5) is 0 Å². The molecule has 4 atom stereocenters. The molecule has 0 aromatic heterocycles. The Morgan fingerprint density at radius 1 is 1.32 bits per heavy atom. The summed E-state index contributed by atoms with van der Waals surface area (Å²) in [6.45, 7) is 7.82. The van der Waals surface area contributed by atoms with Crippen LogP contribution < -0.4 is 5.32 Å². The van der Waals surface area contributed by atoms with Gasteiger partial charge in [-0.25, -0.2) is 0 Å². The number of aliphatic hydroxyl groups excluding tert-OH is 1. The zero-order chi connectivity index (χ0) is 14.1. The Hall–Kier alpha value is -0.120. The van der Waals surface area contributed by atoms with E-state index in [1.165, 1.54) is 25.7 Å². The third-order valence-electron chi connectivity index (χ3n) is 4.18. The molecular weight excluding hydrogens is 238 g/mol. The Bertz CT molecular complexity index is 223. The quantitative estimate of drug-likeness (QED) is 0.677. The Morgan fingerprint density at radius 2 is 2.11 bits per heavy atom. The summed E-state index contributed by atoms with van der Waals surface area (Å²) in [6.07, 6.45) is 8.43. The van der Waals surface area contributed by atoms with Crippen molar-refractivity contribution < 1.29 is 9.84 Å². The highest BCUT2D eigenvalue weighted by Gasteiger charge is 2.20. The number of ether oxygens (including phenoxy) is 1. The average molecular weight is 271 g/mol. The molecule has 0 saturated heterocycles. The summed E-state index contributed by atoms with van der Waals surface area (Å²) in [5.41, 5.74) is 0. The van der Waals surface area contributed by atoms with Crippen LogP contribution >= 0.6 is 0 Å². The Labute approximate surface area is 119 Å². The van der Waals surface area contributed by atoms with E-state index in [1.54, 1.807) is 0 Å². The van der Waals surface area contributed by atoms with E-state index in [2.05, 4.69) is 26.1 Å². The van der Waals surface area contributed by atoms with Gasteiger partial charge in [0.1, 0.15) is 0 Å². The molecule has 3 nitrogen and oxygen atoms in total. The fourth-order valence-electron chi connectivity index (χ4n) is 2.94. The van der Waals surface area contributed by atoms with Gasteiger partial charge in [0.15, 0.2) is 0 Å². The monoisotopic (exact) mass is 271 g/mol. The minimum atomic E-state index is -0.372. The van der Waals surface area contributed by atoms with E-state index in [9.17, 15) is 5.11 Å². The fourth-order valence-corrected chi connectivity index (χ4v) is 2.94. The van der Waals surface area contributed by atoms with Gasteiger partial charge in [0.2, 0.25) is 0 Å². The maximum absolute atomic E-state index is 9.97. The lowest BCUT2D eigenvalue weighted by Gasteiger charge is -2.28. The summed E-state index contributed by atoms with van der Waals surface area (Å²) < 4.78 is 5.85. The third kappa shape index (κ3) is 7.28. The molecule has 0 aliphatic heterocycles. The van der Waals surface area contributed by atoms with Crippen LogP contribution in [0.25, 0.3) is 0 Å². The van der Waals surface area contributed by atoms with Crippen molar-refractivity contribution in [2.45, 2.75) is 84.0 Å². The molecule has 19 heavy (non-hydrogen) atoms. The highest BCUT2D eigenvalue weighted by Crippen LogP contribution is 2.25. The first kappa shape index (κ1) is 16.9. The minimum Gasteiger partial charge on any atom is -0.389 e. The van der Waals surface area contributed by atoms with Gasteiger partial charge in [0.25, 0.3) is 0 Å². The van der Waals surface area contributed by atoms with Crippen LogP contribution in [0.1, 0.15) is 65.7 Å². The molecular formula is C16H33NO2. The van der Waals surface area contributed by atoms with Crippen LogP contribution in [0, 0.1) is 5.92 Å². The average Bonchev–Trinajstić information content (AvgIpc) is 2.41. The van der Waals surface area contributed by atoms with Crippen molar-refractivity contribution >= 4 is 0 Å². The predicted octanol–water partition coefficient (Wildman–Crippen LogP) is 3.11. The zero-order valence-electron chi connectivity index (χ0n) is 13.0. The molecule has 0 bridgehead atoms. The van der Waals surface area contributed by atoms with Gasteiger partial charge in [-0.2, -0.15) is 0 Å². The fraction of sp³-hybridized carbons (Fsp3) is 1.00. The van der Waals surface area contributed by atoms with E-state index < -0.39 is 0 Å². The maximum Gasteiger partial charge on any atom is 0.0897 e. The second-order valence-electron chi connectivity index (χ2n) is 6.18. The van der Waals surface area contributed by atoms with Crippen LogP contribution in [0.2, 0.25) is 0 Å². The van der Waals surface area contributed by atoms with E-state index in [4.69, 9.17) is 4.74 Å². The topological polar surface area (TPSA) is 41.5 Å². The van der Waals surface area contributed by atoms with E-state index in [1.807, 2.05) is 0 Å². The smallest absolute Gasteiger partial charge is 0.0897 e. The first-order valence-electron chi connectivity index (χ1n) is 8.18. The Kier molecular flexibility index (Phi) is 8.67. The lowest BCUT2D eigenvalue weighted by atomic mass is 9.89. The second kappa shape index (κ2) is 9.73. The van der Waals surface area contributed by atoms with Crippen LogP contribution in [-0.2, 0) is 4.74 Å². The lowest BCUT2D eigenvalue weighted by Crippen LogP contribution is -2.38. The Morgan fingerprint density at radius 3 is 2.74 bits per heavy atom. The summed E-state index contributed by atoms with van der Waals surface area (Å²) in [4.78, 5) is 0. The molecule has 3 heteroatoms. The van der Waals surface area contributed by atoms with Gasteiger partial charge in [0, 0.05) is 12.6 Å². The predicted molar refractivity (Wildman–Crippen MR) is 80.4 cm³/mol. The van der Waals surface area contributed by atoms with Crippen molar-refractivity contribution in [3.8, 4) is 0 Å². The van der Waals surface area contributed by atoms with E-state index in [0.717, 1.165) is 25.2 Å². The first-order chi connectivity index (χ1) is 9.15. The van der Waals surface area contributed by atoms with Crippen molar-refractivity contribution in [3.63, 3.8) is 0 Å². The molecule has 0 spiro atoms. The van der Waals surface area contributed by atoms with Crippen LogP contribution in [-0.4, -0.2) is 36.5 Å². The molecule has 0 aromatic rings.